The van der Waals surface area contributed by atoms with E-state index in [-0.39, 0.29) is 11.9 Å². The van der Waals surface area contributed by atoms with E-state index in [0.29, 0.717) is 12.1 Å². The minimum absolute atomic E-state index is 0.0194. The lowest BCUT2D eigenvalue weighted by Gasteiger charge is -2.20. The molecule has 2 rings (SSSR count). The quantitative estimate of drug-likeness (QED) is 0.744. The van der Waals surface area contributed by atoms with Crippen molar-refractivity contribution >= 4 is 28.5 Å². The summed E-state index contributed by atoms with van der Waals surface area (Å²) in [6, 6.07) is 9.43. The zero-order chi connectivity index (χ0) is 11.5. The van der Waals surface area contributed by atoms with Gasteiger partial charge < -0.3 is 4.90 Å². The highest BCUT2D eigenvalue weighted by Gasteiger charge is 2.29. The van der Waals surface area contributed by atoms with Gasteiger partial charge in [-0.15, -0.1) is 0 Å². The van der Waals surface area contributed by atoms with Gasteiger partial charge in [0.05, 0.1) is 11.6 Å². The summed E-state index contributed by atoms with van der Waals surface area (Å²) in [5.41, 5.74) is 0.699. The fourth-order valence-electron chi connectivity index (χ4n) is 1.93. The van der Waals surface area contributed by atoms with Crippen molar-refractivity contribution in [1.82, 2.24) is 4.90 Å². The highest BCUT2D eigenvalue weighted by molar-refractivity contribution is 14.1. The number of nitrogens with zero attached hydrogens (tertiary/aromatic N) is 2. The molecule has 1 aliphatic rings. The van der Waals surface area contributed by atoms with Crippen LogP contribution in [0.25, 0.3) is 0 Å². The van der Waals surface area contributed by atoms with Crippen LogP contribution in [-0.4, -0.2) is 23.4 Å². The summed E-state index contributed by atoms with van der Waals surface area (Å²) in [6.07, 6.45) is 1.72. The van der Waals surface area contributed by atoms with Gasteiger partial charge in [0.2, 0.25) is 0 Å². The van der Waals surface area contributed by atoms with Crippen LogP contribution in [0.5, 0.6) is 0 Å². The number of rotatable bonds is 1. The summed E-state index contributed by atoms with van der Waals surface area (Å²) in [4.78, 5) is 13.9. The van der Waals surface area contributed by atoms with E-state index in [1.165, 1.54) is 0 Å². The van der Waals surface area contributed by atoms with Crippen LogP contribution in [0.1, 0.15) is 23.2 Å². The molecule has 4 heteroatoms. The fraction of sp³-hybridized carbons (Fsp3) is 0.333. The molecule has 0 spiro atoms. The number of hydrogen-bond acceptors (Lipinski definition) is 2. The molecule has 1 amide bonds. The van der Waals surface area contributed by atoms with Crippen LogP contribution < -0.4 is 0 Å². The standard InChI is InChI=1S/C12H11IN2O/c13-11-6-2-1-5-10(11)12(16)15-7-3-4-9(15)8-14/h1-2,5-6,9H,3-4,7H2. The molecule has 0 N–H and O–H groups in total. The zero-order valence-electron chi connectivity index (χ0n) is 8.69. The first-order valence-electron chi connectivity index (χ1n) is 5.19. The first-order chi connectivity index (χ1) is 7.74. The van der Waals surface area contributed by atoms with Gasteiger partial charge in [-0.3, -0.25) is 4.79 Å². The lowest BCUT2D eigenvalue weighted by molar-refractivity contribution is 0.0764. The maximum absolute atomic E-state index is 12.2. The summed E-state index contributed by atoms with van der Waals surface area (Å²) in [5, 5.41) is 8.96. The van der Waals surface area contributed by atoms with Crippen LogP contribution in [0.4, 0.5) is 0 Å². The molecular formula is C12H11IN2O. The van der Waals surface area contributed by atoms with Crippen molar-refractivity contribution < 1.29 is 4.79 Å². The Labute approximate surface area is 108 Å². The Morgan fingerprint density at radius 3 is 2.94 bits per heavy atom. The molecule has 0 saturated carbocycles. The molecule has 1 aromatic carbocycles. The number of carbonyl (C=O) groups excluding carboxylic acids is 1. The van der Waals surface area contributed by atoms with E-state index in [1.54, 1.807) is 4.90 Å². The number of nitriles is 1. The Balaban J connectivity index is 2.26. The van der Waals surface area contributed by atoms with Crippen LogP contribution in [0, 0.1) is 14.9 Å². The van der Waals surface area contributed by atoms with Crippen molar-refractivity contribution in [3.8, 4) is 6.07 Å². The maximum atomic E-state index is 12.2. The van der Waals surface area contributed by atoms with E-state index in [1.807, 2.05) is 24.3 Å². The van der Waals surface area contributed by atoms with Crippen molar-refractivity contribution in [2.75, 3.05) is 6.54 Å². The predicted molar refractivity (Wildman–Crippen MR) is 68.8 cm³/mol. The average molecular weight is 326 g/mol. The third-order valence-corrected chi connectivity index (χ3v) is 3.71. The zero-order valence-corrected chi connectivity index (χ0v) is 10.8. The lowest BCUT2D eigenvalue weighted by atomic mass is 10.2. The minimum atomic E-state index is -0.247. The Morgan fingerprint density at radius 2 is 2.25 bits per heavy atom. The smallest absolute Gasteiger partial charge is 0.255 e. The first kappa shape index (κ1) is 11.4. The number of hydrogen-bond donors (Lipinski definition) is 0. The number of halogens is 1. The van der Waals surface area contributed by atoms with Crippen molar-refractivity contribution in [3.05, 3.63) is 33.4 Å². The van der Waals surface area contributed by atoms with Crippen LogP contribution in [0.3, 0.4) is 0 Å². The molecule has 16 heavy (non-hydrogen) atoms. The topological polar surface area (TPSA) is 44.1 Å². The number of carbonyl (C=O) groups is 1. The van der Waals surface area contributed by atoms with Gasteiger partial charge in [-0.2, -0.15) is 5.26 Å². The summed E-state index contributed by atoms with van der Waals surface area (Å²) in [5.74, 6) is -0.0194. The van der Waals surface area contributed by atoms with Gasteiger partial charge in [0.1, 0.15) is 6.04 Å². The summed E-state index contributed by atoms with van der Waals surface area (Å²) < 4.78 is 0.939. The summed E-state index contributed by atoms with van der Waals surface area (Å²) in [7, 11) is 0. The Morgan fingerprint density at radius 1 is 1.50 bits per heavy atom. The van der Waals surface area contributed by atoms with Gasteiger partial charge in [-0.25, -0.2) is 0 Å². The number of amides is 1. The van der Waals surface area contributed by atoms with Gasteiger partial charge >= 0.3 is 0 Å². The molecule has 0 aliphatic carbocycles. The molecule has 1 heterocycles. The summed E-state index contributed by atoms with van der Waals surface area (Å²) in [6.45, 7) is 0.696. The Kier molecular flexibility index (Phi) is 3.44. The highest BCUT2D eigenvalue weighted by Crippen LogP contribution is 2.21. The van der Waals surface area contributed by atoms with Gasteiger partial charge in [0, 0.05) is 10.1 Å². The first-order valence-corrected chi connectivity index (χ1v) is 6.27. The molecule has 1 aliphatic heterocycles. The normalized spacial score (nSPS) is 19.5. The number of benzene rings is 1. The molecule has 82 valence electrons. The molecular weight excluding hydrogens is 315 g/mol. The largest absolute Gasteiger partial charge is 0.323 e. The fourth-order valence-corrected chi connectivity index (χ4v) is 2.55. The predicted octanol–water partition coefficient (Wildman–Crippen LogP) is 2.42. The molecule has 0 bridgehead atoms. The Hall–Kier alpha value is -1.09. The van der Waals surface area contributed by atoms with Gasteiger partial charge in [-0.05, 0) is 47.6 Å². The van der Waals surface area contributed by atoms with Crippen molar-refractivity contribution in [2.24, 2.45) is 0 Å². The summed E-state index contributed by atoms with van der Waals surface area (Å²) >= 11 is 2.15. The van der Waals surface area contributed by atoms with E-state index in [9.17, 15) is 4.79 Å². The second-order valence-corrected chi connectivity index (χ2v) is 4.93. The molecule has 1 aromatic rings. The van der Waals surface area contributed by atoms with Gasteiger partial charge in [-0.1, -0.05) is 12.1 Å². The molecule has 1 atom stereocenters. The number of likely N-dealkylation sites (tertiary alicyclic amines) is 1. The van der Waals surface area contributed by atoms with E-state index in [0.717, 1.165) is 16.4 Å². The lowest BCUT2D eigenvalue weighted by Crippen LogP contribution is -2.34. The van der Waals surface area contributed by atoms with Crippen molar-refractivity contribution in [1.29, 1.82) is 5.26 Å². The van der Waals surface area contributed by atoms with Crippen LogP contribution in [0.15, 0.2) is 24.3 Å². The molecule has 3 nitrogen and oxygen atoms in total. The van der Waals surface area contributed by atoms with Crippen LogP contribution in [-0.2, 0) is 0 Å². The molecule has 0 radical (unpaired) electrons. The van der Waals surface area contributed by atoms with Gasteiger partial charge in [0.25, 0.3) is 5.91 Å². The molecule has 1 saturated heterocycles. The van der Waals surface area contributed by atoms with E-state index < -0.39 is 0 Å². The van der Waals surface area contributed by atoms with E-state index in [2.05, 4.69) is 28.7 Å². The SMILES string of the molecule is N#CC1CCCN1C(=O)c1ccccc1I. The molecule has 1 fully saturated rings. The van der Waals surface area contributed by atoms with E-state index in [4.69, 9.17) is 5.26 Å². The maximum Gasteiger partial charge on any atom is 0.255 e. The van der Waals surface area contributed by atoms with Gasteiger partial charge in [0.15, 0.2) is 0 Å². The minimum Gasteiger partial charge on any atom is -0.323 e. The second-order valence-electron chi connectivity index (χ2n) is 3.77. The van der Waals surface area contributed by atoms with Crippen molar-refractivity contribution in [3.63, 3.8) is 0 Å². The molecule has 1 unspecified atom stereocenters. The van der Waals surface area contributed by atoms with Crippen LogP contribution in [0.2, 0.25) is 0 Å². The van der Waals surface area contributed by atoms with Crippen molar-refractivity contribution in [2.45, 2.75) is 18.9 Å². The highest BCUT2D eigenvalue weighted by atomic mass is 127. The molecule has 0 aromatic heterocycles. The third kappa shape index (κ3) is 2.05. The van der Waals surface area contributed by atoms with Crippen LogP contribution >= 0.6 is 22.6 Å². The second kappa shape index (κ2) is 4.83. The average Bonchev–Trinajstić information content (AvgIpc) is 2.77. The Bertz CT molecular complexity index is 453. The van der Waals surface area contributed by atoms with E-state index >= 15 is 0 Å². The third-order valence-electron chi connectivity index (χ3n) is 2.77. The monoisotopic (exact) mass is 326 g/mol.